The molecule has 0 radical (unpaired) electrons. The summed E-state index contributed by atoms with van der Waals surface area (Å²) in [6, 6.07) is 74.9. The zero-order valence-electron chi connectivity index (χ0n) is 35.5. The Hall–Kier alpha value is -8.21. The molecular weight excluding hydrogens is 779 g/mol. The van der Waals surface area contributed by atoms with Crippen molar-refractivity contribution in [2.45, 2.75) is 19.3 Å². The molecule has 1 aliphatic rings. The zero-order chi connectivity index (χ0) is 42.8. The molecule has 12 rings (SSSR count). The summed E-state index contributed by atoms with van der Waals surface area (Å²) in [5.41, 5.74) is 18.7. The Bertz CT molecular complexity index is 3590. The minimum absolute atomic E-state index is 0.0497. The van der Waals surface area contributed by atoms with Gasteiger partial charge < -0.3 is 4.42 Å². The maximum Gasteiger partial charge on any atom is 0.164 e. The van der Waals surface area contributed by atoms with Crippen molar-refractivity contribution in [2.75, 3.05) is 0 Å². The SMILES string of the molecule is CC1(C)c2ccccc2-c2cc(-c3cccc(-c4nc(-c5cccc(-c6ccccc6)c5)nc(-c5cccc(-c6ccc7c(c6)oc6cccc(-c8ccccc8)c67)c5)n4)c3)ccc21. The van der Waals surface area contributed by atoms with Gasteiger partial charge in [0.25, 0.3) is 0 Å². The van der Waals surface area contributed by atoms with Crippen LogP contribution >= 0.6 is 0 Å². The van der Waals surface area contributed by atoms with Gasteiger partial charge in [-0.1, -0.05) is 184 Å². The molecule has 0 spiro atoms. The molecule has 0 unspecified atom stereocenters. The number of nitrogens with zero attached hydrogens (tertiary/aromatic N) is 3. The molecule has 0 bridgehead atoms. The van der Waals surface area contributed by atoms with E-state index in [1.807, 2.05) is 12.1 Å². The third-order valence-electron chi connectivity index (χ3n) is 12.9. The van der Waals surface area contributed by atoms with Crippen molar-refractivity contribution in [3.05, 3.63) is 223 Å². The van der Waals surface area contributed by atoms with Crippen molar-refractivity contribution in [1.82, 2.24) is 15.0 Å². The lowest BCUT2D eigenvalue weighted by atomic mass is 9.82. The molecule has 0 saturated heterocycles. The van der Waals surface area contributed by atoms with Crippen LogP contribution in [0.3, 0.4) is 0 Å². The molecule has 302 valence electrons. The summed E-state index contributed by atoms with van der Waals surface area (Å²) in [6.45, 7) is 4.64. The van der Waals surface area contributed by atoms with Gasteiger partial charge in [0.05, 0.1) is 0 Å². The van der Waals surface area contributed by atoms with E-state index in [2.05, 4.69) is 214 Å². The molecule has 9 aromatic carbocycles. The fourth-order valence-corrected chi connectivity index (χ4v) is 9.67. The first-order valence-electron chi connectivity index (χ1n) is 21.8. The Morgan fingerprint density at radius 2 is 0.766 bits per heavy atom. The van der Waals surface area contributed by atoms with Crippen LogP contribution < -0.4 is 0 Å². The van der Waals surface area contributed by atoms with Crippen LogP contribution in [-0.4, -0.2) is 15.0 Å². The topological polar surface area (TPSA) is 51.8 Å². The fraction of sp³-hybridized carbons (Fsp3) is 0.0500. The lowest BCUT2D eigenvalue weighted by Crippen LogP contribution is -2.14. The highest BCUT2D eigenvalue weighted by Gasteiger charge is 2.35. The normalized spacial score (nSPS) is 12.7. The van der Waals surface area contributed by atoms with Crippen LogP contribution in [0.5, 0.6) is 0 Å². The van der Waals surface area contributed by atoms with Gasteiger partial charge in [0, 0.05) is 32.9 Å². The molecule has 1 aliphatic carbocycles. The highest BCUT2D eigenvalue weighted by Crippen LogP contribution is 2.49. The molecule has 11 aromatic rings. The Morgan fingerprint density at radius 1 is 0.312 bits per heavy atom. The Balaban J connectivity index is 0.963. The molecule has 0 atom stereocenters. The summed E-state index contributed by atoms with van der Waals surface area (Å²) >= 11 is 0. The van der Waals surface area contributed by atoms with Crippen molar-refractivity contribution >= 4 is 21.9 Å². The van der Waals surface area contributed by atoms with Crippen molar-refractivity contribution in [3.63, 3.8) is 0 Å². The molecule has 0 N–H and O–H groups in total. The van der Waals surface area contributed by atoms with E-state index in [1.165, 1.54) is 27.8 Å². The van der Waals surface area contributed by atoms with Crippen molar-refractivity contribution in [2.24, 2.45) is 0 Å². The molecule has 0 fully saturated rings. The van der Waals surface area contributed by atoms with E-state index in [0.29, 0.717) is 17.5 Å². The molecule has 2 aromatic heterocycles. The van der Waals surface area contributed by atoms with Gasteiger partial charge in [-0.05, 0) is 109 Å². The van der Waals surface area contributed by atoms with Gasteiger partial charge in [-0.15, -0.1) is 0 Å². The molecular formula is C60H41N3O. The van der Waals surface area contributed by atoms with Gasteiger partial charge in [-0.2, -0.15) is 0 Å². The summed E-state index contributed by atoms with van der Waals surface area (Å²) in [7, 11) is 0. The lowest BCUT2D eigenvalue weighted by molar-refractivity contribution is 0.660. The summed E-state index contributed by atoms with van der Waals surface area (Å²) < 4.78 is 6.52. The van der Waals surface area contributed by atoms with Gasteiger partial charge in [0.1, 0.15) is 11.2 Å². The van der Waals surface area contributed by atoms with Crippen LogP contribution in [0.1, 0.15) is 25.0 Å². The van der Waals surface area contributed by atoms with Crippen LogP contribution in [0.25, 0.3) is 112 Å². The van der Waals surface area contributed by atoms with Gasteiger partial charge in [-0.25, -0.2) is 15.0 Å². The predicted molar refractivity (Wildman–Crippen MR) is 263 cm³/mol. The average molecular weight is 820 g/mol. The highest BCUT2D eigenvalue weighted by molar-refractivity contribution is 6.13. The Kier molecular flexibility index (Phi) is 8.80. The monoisotopic (exact) mass is 819 g/mol. The molecule has 0 amide bonds. The first-order chi connectivity index (χ1) is 31.4. The maximum absolute atomic E-state index is 6.52. The van der Waals surface area contributed by atoms with Crippen molar-refractivity contribution in [1.29, 1.82) is 0 Å². The Morgan fingerprint density at radius 3 is 1.41 bits per heavy atom. The second-order valence-electron chi connectivity index (χ2n) is 17.2. The standard InChI is InChI=1S/C60H41N3O/c1-60(2)52-27-10-9-25-49(52)51-36-43(30-32-53(51)60)41-20-12-23-46(34-41)58-61-57(45-22-11-19-40(33-45)38-15-5-3-6-16-38)62-59(63-58)47-24-13-21-42(35-47)44-29-31-50-55(37-44)64-54-28-14-26-48(56(50)54)39-17-7-4-8-18-39/h3-37H,1-2H3. The van der Waals surface area contributed by atoms with E-state index in [0.717, 1.165) is 77.6 Å². The fourth-order valence-electron chi connectivity index (χ4n) is 9.67. The van der Waals surface area contributed by atoms with Crippen LogP contribution in [0, 0.1) is 0 Å². The lowest BCUT2D eigenvalue weighted by Gasteiger charge is -2.21. The number of hydrogen-bond acceptors (Lipinski definition) is 4. The van der Waals surface area contributed by atoms with Crippen molar-refractivity contribution < 1.29 is 4.42 Å². The Labute approximate surface area is 372 Å². The van der Waals surface area contributed by atoms with Crippen LogP contribution in [0.4, 0.5) is 0 Å². The van der Waals surface area contributed by atoms with Crippen molar-refractivity contribution in [3.8, 4) is 89.8 Å². The van der Waals surface area contributed by atoms with E-state index >= 15 is 0 Å². The summed E-state index contributed by atoms with van der Waals surface area (Å²) in [5.74, 6) is 1.83. The van der Waals surface area contributed by atoms with Gasteiger partial charge in [-0.3, -0.25) is 0 Å². The second kappa shape index (κ2) is 15.0. The zero-order valence-corrected chi connectivity index (χ0v) is 35.5. The first kappa shape index (κ1) is 37.5. The molecule has 0 aliphatic heterocycles. The summed E-state index contributed by atoms with van der Waals surface area (Å²) in [6.07, 6.45) is 0. The number of furan rings is 1. The van der Waals surface area contributed by atoms with Gasteiger partial charge in [0.15, 0.2) is 17.5 Å². The highest BCUT2D eigenvalue weighted by atomic mass is 16.3. The van der Waals surface area contributed by atoms with E-state index in [4.69, 9.17) is 19.4 Å². The minimum atomic E-state index is -0.0497. The van der Waals surface area contributed by atoms with E-state index in [-0.39, 0.29) is 5.41 Å². The van der Waals surface area contributed by atoms with Crippen LogP contribution in [0.15, 0.2) is 217 Å². The number of benzene rings is 9. The molecule has 2 heterocycles. The molecule has 0 saturated carbocycles. The smallest absolute Gasteiger partial charge is 0.164 e. The predicted octanol–water partition coefficient (Wildman–Crippen LogP) is 15.7. The number of aromatic nitrogens is 3. The van der Waals surface area contributed by atoms with E-state index < -0.39 is 0 Å². The number of fused-ring (bicyclic) bond motifs is 6. The number of hydrogen-bond donors (Lipinski definition) is 0. The summed E-state index contributed by atoms with van der Waals surface area (Å²) in [5, 5.41) is 2.22. The second-order valence-corrected chi connectivity index (χ2v) is 17.2. The molecule has 4 heteroatoms. The first-order valence-corrected chi connectivity index (χ1v) is 21.8. The van der Waals surface area contributed by atoms with E-state index in [9.17, 15) is 0 Å². The average Bonchev–Trinajstić information content (AvgIpc) is 3.85. The maximum atomic E-state index is 6.52. The molecule has 4 nitrogen and oxygen atoms in total. The third kappa shape index (κ3) is 6.42. The third-order valence-corrected chi connectivity index (χ3v) is 12.9. The van der Waals surface area contributed by atoms with Gasteiger partial charge >= 0.3 is 0 Å². The quantitative estimate of drug-likeness (QED) is 0.161. The minimum Gasteiger partial charge on any atom is -0.456 e. The largest absolute Gasteiger partial charge is 0.456 e. The molecule has 64 heavy (non-hydrogen) atoms. The van der Waals surface area contributed by atoms with E-state index in [1.54, 1.807) is 0 Å². The summed E-state index contributed by atoms with van der Waals surface area (Å²) in [4.78, 5) is 15.6. The van der Waals surface area contributed by atoms with Crippen LogP contribution in [-0.2, 0) is 5.41 Å². The van der Waals surface area contributed by atoms with Gasteiger partial charge in [0.2, 0.25) is 0 Å². The number of rotatable bonds is 7. The van der Waals surface area contributed by atoms with Crippen LogP contribution in [0.2, 0.25) is 0 Å².